The summed E-state index contributed by atoms with van der Waals surface area (Å²) in [6.07, 6.45) is 4.32. The molecule has 3 heteroatoms. The zero-order chi connectivity index (χ0) is 11.1. The summed E-state index contributed by atoms with van der Waals surface area (Å²) in [4.78, 5) is 3.19. The molecule has 16 heavy (non-hydrogen) atoms. The molecule has 1 N–H and O–H groups in total. The summed E-state index contributed by atoms with van der Waals surface area (Å²) in [6.45, 7) is 2.05. The van der Waals surface area contributed by atoms with Crippen molar-refractivity contribution in [3.63, 3.8) is 0 Å². The van der Waals surface area contributed by atoms with Gasteiger partial charge in [-0.25, -0.2) is 0 Å². The van der Waals surface area contributed by atoms with Crippen LogP contribution in [0, 0.1) is 11.7 Å². The van der Waals surface area contributed by atoms with E-state index in [-0.39, 0.29) is 0 Å². The van der Waals surface area contributed by atoms with Crippen LogP contribution in [0.15, 0.2) is 30.5 Å². The molecule has 1 aliphatic rings. The first kappa shape index (κ1) is 9.85. The standard InChI is InChI=1S/C13H14N2S/c1-9-8-15(13(16)14-9)12-6-10-4-2-3-5-11(10)7-12/h2-5,8,12H,6-7H2,1H3,(H,14,16). The molecule has 1 aliphatic carbocycles. The number of benzene rings is 1. The van der Waals surface area contributed by atoms with E-state index in [4.69, 9.17) is 12.2 Å². The number of aromatic amines is 1. The van der Waals surface area contributed by atoms with Crippen molar-refractivity contribution in [2.45, 2.75) is 25.8 Å². The first-order valence-corrected chi connectivity index (χ1v) is 5.99. The van der Waals surface area contributed by atoms with E-state index in [1.54, 1.807) is 0 Å². The summed E-state index contributed by atoms with van der Waals surface area (Å²) in [5, 5.41) is 0. The van der Waals surface area contributed by atoms with Crippen LogP contribution in [0.3, 0.4) is 0 Å². The molecule has 2 aromatic rings. The van der Waals surface area contributed by atoms with Crippen molar-refractivity contribution >= 4 is 12.2 Å². The van der Waals surface area contributed by atoms with Gasteiger partial charge in [-0.1, -0.05) is 24.3 Å². The lowest BCUT2D eigenvalue weighted by Gasteiger charge is -2.10. The van der Waals surface area contributed by atoms with Gasteiger partial charge in [0.25, 0.3) is 0 Å². The summed E-state index contributed by atoms with van der Waals surface area (Å²) >= 11 is 5.33. The topological polar surface area (TPSA) is 20.7 Å². The van der Waals surface area contributed by atoms with E-state index in [0.717, 1.165) is 23.3 Å². The van der Waals surface area contributed by atoms with Crippen LogP contribution >= 0.6 is 12.2 Å². The van der Waals surface area contributed by atoms with E-state index >= 15 is 0 Å². The van der Waals surface area contributed by atoms with E-state index < -0.39 is 0 Å². The predicted octanol–water partition coefficient (Wildman–Crippen LogP) is 3.19. The van der Waals surface area contributed by atoms with Crippen LogP contribution in [0.5, 0.6) is 0 Å². The number of nitrogens with zero attached hydrogens (tertiary/aromatic N) is 1. The van der Waals surface area contributed by atoms with E-state index in [9.17, 15) is 0 Å². The van der Waals surface area contributed by atoms with Crippen molar-refractivity contribution in [1.29, 1.82) is 0 Å². The van der Waals surface area contributed by atoms with E-state index in [1.807, 2.05) is 6.92 Å². The van der Waals surface area contributed by atoms with Crippen LogP contribution in [0.1, 0.15) is 22.9 Å². The smallest absolute Gasteiger partial charge is 0.177 e. The Labute approximate surface area is 99.9 Å². The van der Waals surface area contributed by atoms with Crippen LogP contribution in [0.25, 0.3) is 0 Å². The molecule has 0 aliphatic heterocycles. The first-order valence-electron chi connectivity index (χ1n) is 5.58. The second-order valence-corrected chi connectivity index (χ2v) is 4.87. The molecule has 0 unspecified atom stereocenters. The van der Waals surface area contributed by atoms with Crippen molar-refractivity contribution in [2.24, 2.45) is 0 Å². The number of H-pyrrole nitrogens is 1. The second-order valence-electron chi connectivity index (χ2n) is 4.48. The minimum absolute atomic E-state index is 0.495. The maximum absolute atomic E-state index is 5.33. The van der Waals surface area contributed by atoms with E-state index in [0.29, 0.717) is 6.04 Å². The summed E-state index contributed by atoms with van der Waals surface area (Å²) in [7, 11) is 0. The average molecular weight is 230 g/mol. The molecule has 1 aromatic carbocycles. The average Bonchev–Trinajstić information content (AvgIpc) is 2.81. The molecular weight excluding hydrogens is 216 g/mol. The Hall–Kier alpha value is -1.35. The third kappa shape index (κ3) is 1.52. The molecule has 0 saturated carbocycles. The fourth-order valence-electron chi connectivity index (χ4n) is 2.54. The van der Waals surface area contributed by atoms with Gasteiger partial charge in [0.15, 0.2) is 4.77 Å². The van der Waals surface area contributed by atoms with Gasteiger partial charge in [-0.2, -0.15) is 0 Å². The van der Waals surface area contributed by atoms with Crippen molar-refractivity contribution in [1.82, 2.24) is 9.55 Å². The highest BCUT2D eigenvalue weighted by atomic mass is 32.1. The fourth-order valence-corrected chi connectivity index (χ4v) is 2.90. The lowest BCUT2D eigenvalue weighted by atomic mass is 10.1. The molecule has 1 heterocycles. The van der Waals surface area contributed by atoms with Crippen molar-refractivity contribution in [2.75, 3.05) is 0 Å². The Morgan fingerprint density at radius 2 is 1.88 bits per heavy atom. The zero-order valence-corrected chi connectivity index (χ0v) is 10.1. The third-order valence-electron chi connectivity index (χ3n) is 3.29. The maximum Gasteiger partial charge on any atom is 0.177 e. The van der Waals surface area contributed by atoms with Crippen LogP contribution in [0.4, 0.5) is 0 Å². The number of imidazole rings is 1. The zero-order valence-electron chi connectivity index (χ0n) is 9.23. The summed E-state index contributed by atoms with van der Waals surface area (Å²) in [5.41, 5.74) is 4.07. The molecule has 0 bridgehead atoms. The van der Waals surface area contributed by atoms with Gasteiger partial charge >= 0.3 is 0 Å². The number of rotatable bonds is 1. The largest absolute Gasteiger partial charge is 0.335 e. The number of aryl methyl sites for hydroxylation is 1. The van der Waals surface area contributed by atoms with Gasteiger partial charge in [-0.05, 0) is 43.1 Å². The van der Waals surface area contributed by atoms with Crippen LogP contribution in [0.2, 0.25) is 0 Å². The molecule has 3 rings (SSSR count). The van der Waals surface area contributed by atoms with Gasteiger partial charge in [-0.15, -0.1) is 0 Å². The van der Waals surface area contributed by atoms with Gasteiger partial charge in [0.2, 0.25) is 0 Å². The Kier molecular flexibility index (Phi) is 2.21. The van der Waals surface area contributed by atoms with Crippen molar-refractivity contribution < 1.29 is 0 Å². The Bertz CT molecular complexity index is 555. The Morgan fingerprint density at radius 1 is 1.25 bits per heavy atom. The van der Waals surface area contributed by atoms with Crippen LogP contribution < -0.4 is 0 Å². The van der Waals surface area contributed by atoms with E-state index in [2.05, 4.69) is 40.0 Å². The molecule has 0 saturated heterocycles. The van der Waals surface area contributed by atoms with Gasteiger partial charge < -0.3 is 9.55 Å². The van der Waals surface area contributed by atoms with Crippen molar-refractivity contribution in [3.8, 4) is 0 Å². The summed E-state index contributed by atoms with van der Waals surface area (Å²) in [5.74, 6) is 0. The molecular formula is C13H14N2S. The molecule has 82 valence electrons. The minimum Gasteiger partial charge on any atom is -0.335 e. The third-order valence-corrected chi connectivity index (χ3v) is 3.61. The van der Waals surface area contributed by atoms with Gasteiger partial charge in [0.1, 0.15) is 0 Å². The maximum atomic E-state index is 5.33. The highest BCUT2D eigenvalue weighted by molar-refractivity contribution is 7.71. The highest BCUT2D eigenvalue weighted by Crippen LogP contribution is 2.30. The highest BCUT2D eigenvalue weighted by Gasteiger charge is 2.22. The molecule has 1 aromatic heterocycles. The number of hydrogen-bond acceptors (Lipinski definition) is 1. The lowest BCUT2D eigenvalue weighted by molar-refractivity contribution is 0.522. The Balaban J connectivity index is 1.97. The van der Waals surface area contributed by atoms with E-state index in [1.165, 1.54) is 11.1 Å². The number of hydrogen-bond donors (Lipinski definition) is 1. The van der Waals surface area contributed by atoms with Crippen LogP contribution in [-0.2, 0) is 12.8 Å². The quantitative estimate of drug-likeness (QED) is 0.746. The summed E-state index contributed by atoms with van der Waals surface area (Å²) < 4.78 is 3.04. The normalized spacial score (nSPS) is 15.3. The molecule has 0 spiro atoms. The van der Waals surface area contributed by atoms with Crippen LogP contribution in [-0.4, -0.2) is 9.55 Å². The van der Waals surface area contributed by atoms with Gasteiger partial charge in [0.05, 0.1) is 0 Å². The van der Waals surface area contributed by atoms with Crippen molar-refractivity contribution in [3.05, 3.63) is 52.1 Å². The predicted molar refractivity (Wildman–Crippen MR) is 67.2 cm³/mol. The molecule has 0 amide bonds. The molecule has 0 radical (unpaired) electrons. The molecule has 0 fully saturated rings. The fraction of sp³-hybridized carbons (Fsp3) is 0.308. The number of nitrogens with one attached hydrogen (secondary N) is 1. The summed E-state index contributed by atoms with van der Waals surface area (Å²) in [6, 6.07) is 9.16. The SMILES string of the molecule is Cc1cn(C2Cc3ccccc3C2)c(=S)[nH]1. The minimum atomic E-state index is 0.495. The lowest BCUT2D eigenvalue weighted by Crippen LogP contribution is -2.07. The monoisotopic (exact) mass is 230 g/mol. The van der Waals surface area contributed by atoms with Gasteiger partial charge in [0, 0.05) is 17.9 Å². The molecule has 0 atom stereocenters. The van der Waals surface area contributed by atoms with Gasteiger partial charge in [-0.3, -0.25) is 0 Å². The second kappa shape index (κ2) is 3.59. The Morgan fingerprint density at radius 3 is 2.38 bits per heavy atom. The first-order chi connectivity index (χ1) is 7.74. The molecule has 2 nitrogen and oxygen atoms in total. The number of aromatic nitrogens is 2. The number of fused-ring (bicyclic) bond motifs is 1.